The molecule has 0 unspecified atom stereocenters. The Bertz CT molecular complexity index is 332. The van der Waals surface area contributed by atoms with Crippen molar-refractivity contribution in [3.05, 3.63) is 23.9 Å². The van der Waals surface area contributed by atoms with Gasteiger partial charge >= 0.3 is 0 Å². The summed E-state index contributed by atoms with van der Waals surface area (Å²) in [6.07, 6.45) is 7.05. The molecule has 0 bridgehead atoms. The Balaban J connectivity index is 1.95. The number of piperazine rings is 1. The molecular weight excluding hydrogens is 210 g/mol. The first-order valence-electron chi connectivity index (χ1n) is 6.80. The number of pyridine rings is 1. The first-order valence-corrected chi connectivity index (χ1v) is 6.80. The molecule has 1 aromatic rings. The van der Waals surface area contributed by atoms with Crippen LogP contribution in [0.2, 0.25) is 0 Å². The average molecular weight is 233 g/mol. The van der Waals surface area contributed by atoms with Crippen molar-refractivity contribution in [2.24, 2.45) is 0 Å². The molecule has 0 aromatic carbocycles. The van der Waals surface area contributed by atoms with E-state index in [1.807, 2.05) is 6.20 Å². The summed E-state index contributed by atoms with van der Waals surface area (Å²) in [7, 11) is 0. The molecule has 0 aliphatic carbocycles. The van der Waals surface area contributed by atoms with Crippen LogP contribution in [0.5, 0.6) is 0 Å². The van der Waals surface area contributed by atoms with Crippen LogP contribution in [0.4, 0.5) is 5.82 Å². The van der Waals surface area contributed by atoms with Gasteiger partial charge in [0.05, 0.1) is 0 Å². The Labute approximate surface area is 104 Å². The topological polar surface area (TPSA) is 28.2 Å². The highest BCUT2D eigenvalue weighted by atomic mass is 15.2. The first kappa shape index (κ1) is 12.4. The largest absolute Gasteiger partial charge is 0.354 e. The van der Waals surface area contributed by atoms with Crippen LogP contribution in [0.3, 0.4) is 0 Å². The van der Waals surface area contributed by atoms with E-state index in [2.05, 4.69) is 34.3 Å². The molecule has 0 saturated carbocycles. The van der Waals surface area contributed by atoms with Crippen LogP contribution < -0.4 is 10.2 Å². The van der Waals surface area contributed by atoms with Crippen LogP contribution in [-0.2, 0) is 6.42 Å². The molecule has 1 saturated heterocycles. The number of hydrogen-bond acceptors (Lipinski definition) is 3. The van der Waals surface area contributed by atoms with Crippen molar-refractivity contribution in [3.8, 4) is 0 Å². The fraction of sp³-hybridized carbons (Fsp3) is 0.643. The minimum atomic E-state index is 1.07. The smallest absolute Gasteiger partial charge is 0.128 e. The number of nitrogens with zero attached hydrogens (tertiary/aromatic N) is 2. The van der Waals surface area contributed by atoms with Crippen LogP contribution >= 0.6 is 0 Å². The minimum absolute atomic E-state index is 1.07. The summed E-state index contributed by atoms with van der Waals surface area (Å²) in [5.74, 6) is 1.15. The molecule has 17 heavy (non-hydrogen) atoms. The summed E-state index contributed by atoms with van der Waals surface area (Å²) in [6.45, 7) is 6.54. The first-order chi connectivity index (χ1) is 8.40. The highest BCUT2D eigenvalue weighted by Crippen LogP contribution is 2.15. The SMILES string of the molecule is CCCCCc1ccnc(N2CCNCC2)c1. The van der Waals surface area contributed by atoms with Crippen LogP contribution in [0.1, 0.15) is 31.7 Å². The van der Waals surface area contributed by atoms with Crippen molar-refractivity contribution in [2.75, 3.05) is 31.1 Å². The lowest BCUT2D eigenvalue weighted by molar-refractivity contribution is 0.584. The molecule has 2 rings (SSSR count). The molecule has 0 atom stereocenters. The van der Waals surface area contributed by atoms with E-state index in [9.17, 15) is 0 Å². The molecule has 1 aromatic heterocycles. The van der Waals surface area contributed by atoms with Gasteiger partial charge in [-0.25, -0.2) is 4.98 Å². The predicted octanol–water partition coefficient (Wildman–Crippen LogP) is 2.22. The maximum absolute atomic E-state index is 4.49. The quantitative estimate of drug-likeness (QED) is 0.790. The fourth-order valence-electron chi connectivity index (χ4n) is 2.26. The second kappa shape index (κ2) is 6.60. The van der Waals surface area contributed by atoms with E-state index in [-0.39, 0.29) is 0 Å². The highest BCUT2D eigenvalue weighted by Gasteiger charge is 2.11. The summed E-state index contributed by atoms with van der Waals surface area (Å²) in [4.78, 5) is 6.86. The number of anilines is 1. The van der Waals surface area contributed by atoms with E-state index in [0.29, 0.717) is 0 Å². The maximum atomic E-state index is 4.49. The van der Waals surface area contributed by atoms with Crippen LogP contribution in [0, 0.1) is 0 Å². The van der Waals surface area contributed by atoms with Crippen LogP contribution in [0.25, 0.3) is 0 Å². The number of rotatable bonds is 5. The molecule has 2 heterocycles. The second-order valence-electron chi connectivity index (χ2n) is 4.72. The molecule has 3 nitrogen and oxygen atoms in total. The zero-order valence-corrected chi connectivity index (χ0v) is 10.8. The van der Waals surface area contributed by atoms with Gasteiger partial charge in [0.25, 0.3) is 0 Å². The van der Waals surface area contributed by atoms with Crippen molar-refractivity contribution >= 4 is 5.82 Å². The third-order valence-electron chi connectivity index (χ3n) is 3.32. The summed E-state index contributed by atoms with van der Waals surface area (Å²) < 4.78 is 0. The van der Waals surface area contributed by atoms with E-state index in [4.69, 9.17) is 0 Å². The van der Waals surface area contributed by atoms with Gasteiger partial charge in [0.1, 0.15) is 5.82 Å². The van der Waals surface area contributed by atoms with Gasteiger partial charge in [-0.1, -0.05) is 19.8 Å². The number of aromatic nitrogens is 1. The molecule has 94 valence electrons. The molecule has 1 aliphatic rings. The number of unbranched alkanes of at least 4 members (excludes halogenated alkanes) is 2. The van der Waals surface area contributed by atoms with Gasteiger partial charge in [-0.05, 0) is 30.5 Å². The van der Waals surface area contributed by atoms with E-state index in [0.717, 1.165) is 32.0 Å². The minimum Gasteiger partial charge on any atom is -0.354 e. The molecular formula is C14H23N3. The Kier molecular flexibility index (Phi) is 4.80. The highest BCUT2D eigenvalue weighted by molar-refractivity contribution is 5.41. The van der Waals surface area contributed by atoms with Gasteiger partial charge in [-0.2, -0.15) is 0 Å². The van der Waals surface area contributed by atoms with Gasteiger partial charge in [0.2, 0.25) is 0 Å². The number of nitrogens with one attached hydrogen (secondary N) is 1. The monoisotopic (exact) mass is 233 g/mol. The molecule has 1 aliphatic heterocycles. The van der Waals surface area contributed by atoms with Crippen molar-refractivity contribution in [3.63, 3.8) is 0 Å². The average Bonchev–Trinajstić information content (AvgIpc) is 2.41. The lowest BCUT2D eigenvalue weighted by Gasteiger charge is -2.28. The van der Waals surface area contributed by atoms with E-state index < -0.39 is 0 Å². The van der Waals surface area contributed by atoms with E-state index >= 15 is 0 Å². The van der Waals surface area contributed by atoms with Crippen molar-refractivity contribution < 1.29 is 0 Å². The Morgan fingerprint density at radius 3 is 2.88 bits per heavy atom. The summed E-state index contributed by atoms with van der Waals surface area (Å²) in [5, 5.41) is 3.37. The Hall–Kier alpha value is -1.09. The van der Waals surface area contributed by atoms with Gasteiger partial charge in [0, 0.05) is 32.4 Å². The number of aryl methyl sites for hydroxylation is 1. The van der Waals surface area contributed by atoms with Gasteiger partial charge in [-0.15, -0.1) is 0 Å². The molecule has 0 spiro atoms. The third-order valence-corrected chi connectivity index (χ3v) is 3.32. The summed E-state index contributed by atoms with van der Waals surface area (Å²) >= 11 is 0. The lowest BCUT2D eigenvalue weighted by Crippen LogP contribution is -2.43. The van der Waals surface area contributed by atoms with Crippen molar-refractivity contribution in [2.45, 2.75) is 32.6 Å². The van der Waals surface area contributed by atoms with Crippen molar-refractivity contribution in [1.82, 2.24) is 10.3 Å². The van der Waals surface area contributed by atoms with Gasteiger partial charge in [-0.3, -0.25) is 0 Å². The van der Waals surface area contributed by atoms with E-state index in [1.54, 1.807) is 0 Å². The van der Waals surface area contributed by atoms with Crippen LogP contribution in [0.15, 0.2) is 18.3 Å². The zero-order valence-electron chi connectivity index (χ0n) is 10.8. The predicted molar refractivity (Wildman–Crippen MR) is 72.5 cm³/mol. The normalized spacial score (nSPS) is 16.2. The van der Waals surface area contributed by atoms with Crippen molar-refractivity contribution in [1.29, 1.82) is 0 Å². The second-order valence-corrected chi connectivity index (χ2v) is 4.72. The maximum Gasteiger partial charge on any atom is 0.128 e. The van der Waals surface area contributed by atoms with Gasteiger partial charge < -0.3 is 10.2 Å². The Morgan fingerprint density at radius 2 is 2.12 bits per heavy atom. The third kappa shape index (κ3) is 3.70. The summed E-state index contributed by atoms with van der Waals surface area (Å²) in [5.41, 5.74) is 1.43. The molecule has 1 N–H and O–H groups in total. The standard InChI is InChI=1S/C14H23N3/c1-2-3-4-5-13-6-7-16-14(12-13)17-10-8-15-9-11-17/h6-7,12,15H,2-5,8-11H2,1H3. The molecule has 0 radical (unpaired) electrons. The van der Waals surface area contributed by atoms with E-state index in [1.165, 1.54) is 31.2 Å². The molecule has 1 fully saturated rings. The number of hydrogen-bond donors (Lipinski definition) is 1. The molecule has 3 heteroatoms. The van der Waals surface area contributed by atoms with Crippen LogP contribution in [-0.4, -0.2) is 31.2 Å². The van der Waals surface area contributed by atoms with Gasteiger partial charge in [0.15, 0.2) is 0 Å². The molecule has 0 amide bonds. The zero-order chi connectivity index (χ0) is 11.9. The lowest BCUT2D eigenvalue weighted by atomic mass is 10.1. The summed E-state index contributed by atoms with van der Waals surface area (Å²) in [6, 6.07) is 4.42. The Morgan fingerprint density at radius 1 is 1.29 bits per heavy atom. The fourth-order valence-corrected chi connectivity index (χ4v) is 2.26.